The predicted molar refractivity (Wildman–Crippen MR) is 69.2 cm³/mol. The first-order valence-corrected chi connectivity index (χ1v) is 5.91. The van der Waals surface area contributed by atoms with Crippen molar-refractivity contribution in [2.24, 2.45) is 0 Å². The number of nitriles is 1. The maximum Gasteiger partial charge on any atom is 0.328 e. The first kappa shape index (κ1) is 15.6. The normalized spacial score (nSPS) is 14.6. The molecule has 0 saturated heterocycles. The van der Waals surface area contributed by atoms with Gasteiger partial charge in [-0.15, -0.1) is 0 Å². The molecule has 5 nitrogen and oxygen atoms in total. The van der Waals surface area contributed by atoms with E-state index < -0.39 is 23.6 Å². The molecular weight excluding hydrogens is 263 g/mol. The Kier molecular flexibility index (Phi) is 4.81. The Balaban J connectivity index is 3.00. The number of nitrogens with zero attached hydrogens (tertiary/aromatic N) is 1. The first-order chi connectivity index (χ1) is 9.35. The summed E-state index contributed by atoms with van der Waals surface area (Å²) in [6.45, 7) is 3.14. The number of benzene rings is 1. The maximum atomic E-state index is 14.6. The lowest BCUT2D eigenvalue weighted by Crippen LogP contribution is -2.47. The minimum atomic E-state index is -2.85. The summed E-state index contributed by atoms with van der Waals surface area (Å²) in [7, 11) is 1.15. The van der Waals surface area contributed by atoms with Crippen molar-refractivity contribution >= 4 is 11.9 Å². The van der Waals surface area contributed by atoms with Crippen molar-refractivity contribution in [1.82, 2.24) is 5.32 Å². The van der Waals surface area contributed by atoms with Gasteiger partial charge in [-0.2, -0.15) is 5.26 Å². The maximum absolute atomic E-state index is 14.6. The van der Waals surface area contributed by atoms with Crippen LogP contribution in [0.1, 0.15) is 18.1 Å². The molecule has 0 bridgehead atoms. The minimum absolute atomic E-state index is 0.0832. The van der Waals surface area contributed by atoms with E-state index in [1.807, 2.05) is 0 Å². The van der Waals surface area contributed by atoms with Gasteiger partial charge in [0.15, 0.2) is 0 Å². The topological polar surface area (TPSA) is 79.2 Å². The van der Waals surface area contributed by atoms with Crippen LogP contribution in [0.4, 0.5) is 4.39 Å². The molecule has 0 unspecified atom stereocenters. The Hall–Kier alpha value is -2.42. The number of carbonyl (C=O) groups is 2. The number of hydrogen-bond donors (Lipinski definition) is 1. The van der Waals surface area contributed by atoms with Crippen LogP contribution in [-0.2, 0) is 20.0 Å². The van der Waals surface area contributed by atoms with Crippen molar-refractivity contribution in [3.05, 3.63) is 35.4 Å². The van der Waals surface area contributed by atoms with Gasteiger partial charge in [-0.25, -0.2) is 9.18 Å². The van der Waals surface area contributed by atoms with E-state index in [1.165, 1.54) is 25.1 Å². The molecule has 1 N–H and O–H groups in total. The number of esters is 1. The number of amides is 1. The quantitative estimate of drug-likeness (QED) is 0.843. The molecule has 1 rings (SSSR count). The van der Waals surface area contributed by atoms with Crippen LogP contribution in [0.3, 0.4) is 0 Å². The molecule has 0 aliphatic carbocycles. The van der Waals surface area contributed by atoms with Gasteiger partial charge in [0, 0.05) is 5.56 Å². The summed E-state index contributed by atoms with van der Waals surface area (Å²) in [5, 5.41) is 11.1. The molecule has 6 heteroatoms. The fraction of sp³-hybridized carbons (Fsp3) is 0.357. The molecule has 1 amide bonds. The average molecular weight is 278 g/mol. The lowest BCUT2D eigenvalue weighted by molar-refractivity contribution is -0.145. The van der Waals surface area contributed by atoms with E-state index >= 15 is 0 Å². The highest BCUT2D eigenvalue weighted by Crippen LogP contribution is 2.26. The number of carbonyl (C=O) groups excluding carboxylic acids is 2. The van der Waals surface area contributed by atoms with E-state index in [-0.39, 0.29) is 5.56 Å². The van der Waals surface area contributed by atoms with E-state index in [0.717, 1.165) is 12.7 Å². The summed E-state index contributed by atoms with van der Waals surface area (Å²) < 4.78 is 19.0. The van der Waals surface area contributed by atoms with Gasteiger partial charge in [0.05, 0.1) is 7.11 Å². The van der Waals surface area contributed by atoms with Crippen LogP contribution in [0, 0.1) is 18.3 Å². The fourth-order valence-electron chi connectivity index (χ4n) is 1.56. The molecule has 106 valence electrons. The van der Waals surface area contributed by atoms with Crippen molar-refractivity contribution < 1.29 is 18.7 Å². The number of ether oxygens (including phenoxy) is 1. The summed E-state index contributed by atoms with van der Waals surface area (Å²) in [6.07, 6.45) is 0. The second-order valence-corrected chi connectivity index (χ2v) is 4.35. The van der Waals surface area contributed by atoms with Crippen LogP contribution in [0.25, 0.3) is 0 Å². The molecule has 1 aromatic rings. The number of aryl methyl sites for hydroxylation is 1. The summed E-state index contributed by atoms with van der Waals surface area (Å²) in [5.41, 5.74) is -2.06. The molecule has 0 radical (unpaired) electrons. The molecule has 0 aliphatic rings. The standard InChI is InChI=1S/C14H15FN2O3/c1-9-4-6-11(7-5-9)14(15,8-16)13(19)17-10(2)12(18)20-3/h4-7,10H,1-3H3,(H,17,19)/t10-,14+/m0/s1. The molecule has 0 saturated carbocycles. The Labute approximate surface area is 116 Å². The van der Waals surface area contributed by atoms with Gasteiger partial charge in [-0.3, -0.25) is 4.79 Å². The summed E-state index contributed by atoms with van der Waals surface area (Å²) in [5.74, 6) is -1.91. The Morgan fingerprint density at radius 1 is 1.40 bits per heavy atom. The number of alkyl halides is 1. The predicted octanol–water partition coefficient (Wildman–Crippen LogP) is 1.36. The third-order valence-corrected chi connectivity index (χ3v) is 2.82. The van der Waals surface area contributed by atoms with Gasteiger partial charge in [-0.05, 0) is 13.8 Å². The molecule has 2 atom stereocenters. The fourth-order valence-corrected chi connectivity index (χ4v) is 1.56. The van der Waals surface area contributed by atoms with Gasteiger partial charge in [0.1, 0.15) is 12.1 Å². The van der Waals surface area contributed by atoms with Crippen LogP contribution in [0.2, 0.25) is 0 Å². The minimum Gasteiger partial charge on any atom is -0.467 e. The smallest absolute Gasteiger partial charge is 0.328 e. The summed E-state index contributed by atoms with van der Waals surface area (Å²) in [6, 6.07) is 6.22. The number of rotatable bonds is 4. The zero-order valence-electron chi connectivity index (χ0n) is 11.4. The van der Waals surface area contributed by atoms with Crippen LogP contribution in [-0.4, -0.2) is 25.0 Å². The number of methoxy groups -OCH3 is 1. The molecule has 0 spiro atoms. The second kappa shape index (κ2) is 6.15. The van der Waals surface area contributed by atoms with Crippen LogP contribution >= 0.6 is 0 Å². The first-order valence-electron chi connectivity index (χ1n) is 5.91. The zero-order valence-corrected chi connectivity index (χ0v) is 11.4. The molecule has 1 aromatic carbocycles. The van der Waals surface area contributed by atoms with Crippen LogP contribution in [0.15, 0.2) is 24.3 Å². The Bertz CT molecular complexity index is 551. The number of hydrogen-bond acceptors (Lipinski definition) is 4. The van der Waals surface area contributed by atoms with E-state index in [0.29, 0.717) is 0 Å². The van der Waals surface area contributed by atoms with E-state index in [9.17, 15) is 14.0 Å². The van der Waals surface area contributed by atoms with Gasteiger partial charge >= 0.3 is 5.97 Å². The van der Waals surface area contributed by atoms with Gasteiger partial charge in [0.25, 0.3) is 11.6 Å². The highest BCUT2D eigenvalue weighted by Gasteiger charge is 2.42. The Morgan fingerprint density at radius 3 is 2.40 bits per heavy atom. The molecule has 0 aliphatic heterocycles. The van der Waals surface area contributed by atoms with Crippen LogP contribution in [0.5, 0.6) is 0 Å². The van der Waals surface area contributed by atoms with Crippen molar-refractivity contribution in [3.63, 3.8) is 0 Å². The highest BCUT2D eigenvalue weighted by molar-refractivity contribution is 5.92. The molecule has 0 aromatic heterocycles. The lowest BCUT2D eigenvalue weighted by atomic mass is 9.95. The lowest BCUT2D eigenvalue weighted by Gasteiger charge is -2.20. The van der Waals surface area contributed by atoms with Crippen molar-refractivity contribution in [2.45, 2.75) is 25.6 Å². The van der Waals surface area contributed by atoms with E-state index in [4.69, 9.17) is 5.26 Å². The summed E-state index contributed by atoms with van der Waals surface area (Å²) >= 11 is 0. The third kappa shape index (κ3) is 3.12. The monoisotopic (exact) mass is 278 g/mol. The van der Waals surface area contributed by atoms with Crippen LogP contribution < -0.4 is 5.32 Å². The van der Waals surface area contributed by atoms with Gasteiger partial charge < -0.3 is 10.1 Å². The van der Waals surface area contributed by atoms with Crippen molar-refractivity contribution in [1.29, 1.82) is 5.26 Å². The largest absolute Gasteiger partial charge is 0.467 e. The van der Waals surface area contributed by atoms with Gasteiger partial charge in [0.2, 0.25) is 0 Å². The van der Waals surface area contributed by atoms with Crippen molar-refractivity contribution in [2.75, 3.05) is 7.11 Å². The van der Waals surface area contributed by atoms with E-state index in [1.54, 1.807) is 19.1 Å². The number of nitrogens with one attached hydrogen (secondary N) is 1. The molecular formula is C14H15FN2O3. The molecule has 0 fully saturated rings. The highest BCUT2D eigenvalue weighted by atomic mass is 19.1. The van der Waals surface area contributed by atoms with Gasteiger partial charge in [-0.1, -0.05) is 29.8 Å². The third-order valence-electron chi connectivity index (χ3n) is 2.82. The van der Waals surface area contributed by atoms with E-state index in [2.05, 4.69) is 10.1 Å². The number of halogens is 1. The Morgan fingerprint density at radius 2 is 1.95 bits per heavy atom. The second-order valence-electron chi connectivity index (χ2n) is 4.35. The molecule has 20 heavy (non-hydrogen) atoms. The average Bonchev–Trinajstić information content (AvgIpc) is 2.45. The SMILES string of the molecule is COC(=O)[C@H](C)NC(=O)[C@@](F)(C#N)c1ccc(C)cc1. The summed E-state index contributed by atoms with van der Waals surface area (Å²) in [4.78, 5) is 23.1. The molecule has 0 heterocycles. The van der Waals surface area contributed by atoms with Crippen molar-refractivity contribution in [3.8, 4) is 6.07 Å². The zero-order chi connectivity index (χ0) is 15.3.